The van der Waals surface area contributed by atoms with Crippen molar-refractivity contribution in [1.82, 2.24) is 4.98 Å². The summed E-state index contributed by atoms with van der Waals surface area (Å²) in [7, 11) is 0. The number of carbonyl (C=O) groups excluding carboxylic acids is 2. The minimum Gasteiger partial charge on any atom is -0.466 e. The minimum absolute atomic E-state index is 0.101. The van der Waals surface area contributed by atoms with Crippen molar-refractivity contribution < 1.29 is 14.3 Å². The monoisotopic (exact) mass is 390 g/mol. The number of anilines is 1. The van der Waals surface area contributed by atoms with Crippen LogP contribution in [0.3, 0.4) is 0 Å². The summed E-state index contributed by atoms with van der Waals surface area (Å²) in [5, 5.41) is 1.62. The summed E-state index contributed by atoms with van der Waals surface area (Å²) >= 11 is 2.91. The van der Waals surface area contributed by atoms with Gasteiger partial charge in [-0.15, -0.1) is 11.3 Å². The van der Waals surface area contributed by atoms with Crippen LogP contribution >= 0.6 is 23.1 Å². The molecule has 0 spiro atoms. The highest BCUT2D eigenvalue weighted by Gasteiger charge is 2.27. The number of hydrogen-bond acceptors (Lipinski definition) is 6. The van der Waals surface area contributed by atoms with E-state index in [-0.39, 0.29) is 23.5 Å². The lowest BCUT2D eigenvalue weighted by molar-refractivity contribution is -0.142. The van der Waals surface area contributed by atoms with Crippen molar-refractivity contribution in [2.45, 2.75) is 42.7 Å². The Balaban J connectivity index is 1.64. The molecule has 26 heavy (non-hydrogen) atoms. The van der Waals surface area contributed by atoms with E-state index < -0.39 is 0 Å². The van der Waals surface area contributed by atoms with Crippen LogP contribution in [-0.4, -0.2) is 35.3 Å². The van der Waals surface area contributed by atoms with Crippen LogP contribution < -0.4 is 4.90 Å². The molecule has 0 radical (unpaired) electrons. The van der Waals surface area contributed by atoms with Crippen molar-refractivity contribution in [3.63, 3.8) is 0 Å². The fourth-order valence-corrected chi connectivity index (χ4v) is 5.01. The normalized spacial score (nSPS) is 14.6. The summed E-state index contributed by atoms with van der Waals surface area (Å²) < 4.78 is 5.75. The van der Waals surface area contributed by atoms with Crippen LogP contribution in [-0.2, 0) is 27.2 Å². The molecule has 0 saturated heterocycles. The van der Waals surface area contributed by atoms with Gasteiger partial charge >= 0.3 is 5.97 Å². The first kappa shape index (κ1) is 18.9. The van der Waals surface area contributed by atoms with Gasteiger partial charge in [-0.2, -0.15) is 0 Å². The van der Waals surface area contributed by atoms with Gasteiger partial charge in [0.2, 0.25) is 5.91 Å². The van der Waals surface area contributed by atoms with Crippen LogP contribution in [0.1, 0.15) is 31.5 Å². The quantitative estimate of drug-likeness (QED) is 0.556. The van der Waals surface area contributed by atoms with Gasteiger partial charge in [0.1, 0.15) is 0 Å². The van der Waals surface area contributed by atoms with Crippen molar-refractivity contribution >= 4 is 40.7 Å². The molecule has 0 unspecified atom stereocenters. The molecule has 2 heterocycles. The highest BCUT2D eigenvalue weighted by atomic mass is 32.2. The molecular formula is C19H22N2O3S2. The van der Waals surface area contributed by atoms with E-state index in [1.165, 1.54) is 28.7 Å². The third kappa shape index (κ3) is 4.45. The zero-order valence-electron chi connectivity index (χ0n) is 14.9. The number of amides is 1. The number of fused-ring (bicyclic) bond motifs is 1. The first-order chi connectivity index (χ1) is 12.6. The SMILES string of the molecule is CCOC(=O)Cc1csc(S[C@@H](C)C(=O)N2CCCc3ccccc32)n1. The van der Waals surface area contributed by atoms with Gasteiger partial charge in [-0.25, -0.2) is 4.98 Å². The van der Waals surface area contributed by atoms with Gasteiger partial charge in [0.05, 0.1) is 24.0 Å². The standard InChI is InChI=1S/C19H22N2O3S2/c1-3-24-17(22)11-15-12-25-19(20-15)26-13(2)18(23)21-10-6-8-14-7-4-5-9-16(14)21/h4-5,7,9,12-13H,3,6,8,10-11H2,1-2H3/t13-/m0/s1. The number of ether oxygens (including phenoxy) is 1. The van der Waals surface area contributed by atoms with Crippen LogP contribution in [0.15, 0.2) is 34.0 Å². The molecule has 1 atom stereocenters. The Morgan fingerprint density at radius 1 is 1.38 bits per heavy atom. The number of hydrogen-bond donors (Lipinski definition) is 0. The Bertz CT molecular complexity index is 791. The molecule has 1 aromatic heterocycles. The molecule has 1 amide bonds. The fraction of sp³-hybridized carbons (Fsp3) is 0.421. The highest BCUT2D eigenvalue weighted by molar-refractivity contribution is 8.02. The van der Waals surface area contributed by atoms with E-state index in [0.29, 0.717) is 12.3 Å². The van der Waals surface area contributed by atoms with E-state index in [9.17, 15) is 9.59 Å². The summed E-state index contributed by atoms with van der Waals surface area (Å²) in [6, 6.07) is 8.11. The molecule has 2 aromatic rings. The Labute approximate surface area is 161 Å². The van der Waals surface area contributed by atoms with Gasteiger partial charge in [0.15, 0.2) is 4.34 Å². The average molecular weight is 391 g/mol. The summed E-state index contributed by atoms with van der Waals surface area (Å²) in [4.78, 5) is 30.8. The number of aryl methyl sites for hydroxylation is 1. The van der Waals surface area contributed by atoms with E-state index in [4.69, 9.17) is 4.74 Å². The Hall–Kier alpha value is -1.86. The van der Waals surface area contributed by atoms with Crippen LogP contribution in [0.5, 0.6) is 0 Å². The Morgan fingerprint density at radius 3 is 3.00 bits per heavy atom. The number of para-hydroxylation sites is 1. The Morgan fingerprint density at radius 2 is 2.19 bits per heavy atom. The molecule has 0 fully saturated rings. The third-order valence-electron chi connectivity index (χ3n) is 4.16. The zero-order valence-corrected chi connectivity index (χ0v) is 16.6. The topological polar surface area (TPSA) is 59.5 Å². The smallest absolute Gasteiger partial charge is 0.311 e. The molecule has 5 nitrogen and oxygen atoms in total. The van der Waals surface area contributed by atoms with E-state index in [2.05, 4.69) is 11.1 Å². The number of aromatic nitrogens is 1. The lowest BCUT2D eigenvalue weighted by atomic mass is 10.0. The van der Waals surface area contributed by atoms with Gasteiger partial charge in [0.25, 0.3) is 0 Å². The van der Waals surface area contributed by atoms with Crippen molar-refractivity contribution in [3.8, 4) is 0 Å². The maximum atomic E-state index is 12.9. The minimum atomic E-state index is -0.275. The van der Waals surface area contributed by atoms with Crippen LogP contribution in [0.25, 0.3) is 0 Å². The second-order valence-electron chi connectivity index (χ2n) is 6.07. The van der Waals surface area contributed by atoms with Crippen molar-refractivity contribution in [2.24, 2.45) is 0 Å². The van der Waals surface area contributed by atoms with Crippen LogP contribution in [0.2, 0.25) is 0 Å². The third-order valence-corrected chi connectivity index (χ3v) is 6.27. The lowest BCUT2D eigenvalue weighted by Gasteiger charge is -2.31. The highest BCUT2D eigenvalue weighted by Crippen LogP contribution is 2.32. The molecule has 7 heteroatoms. The number of nitrogens with zero attached hydrogens (tertiary/aromatic N) is 2. The van der Waals surface area contributed by atoms with Gasteiger partial charge in [-0.05, 0) is 38.3 Å². The molecule has 0 bridgehead atoms. The Kier molecular flexibility index (Phi) is 6.32. The molecule has 0 N–H and O–H groups in total. The molecule has 1 aliphatic heterocycles. The number of carbonyl (C=O) groups is 2. The molecule has 1 aliphatic rings. The molecule has 0 aliphatic carbocycles. The largest absolute Gasteiger partial charge is 0.466 e. The molecular weight excluding hydrogens is 368 g/mol. The van der Waals surface area contributed by atoms with Gasteiger partial charge < -0.3 is 9.64 Å². The first-order valence-corrected chi connectivity index (χ1v) is 10.5. The summed E-state index contributed by atoms with van der Waals surface area (Å²) in [5.41, 5.74) is 2.95. The molecule has 3 rings (SSSR count). The van der Waals surface area contributed by atoms with Crippen LogP contribution in [0.4, 0.5) is 5.69 Å². The second-order valence-corrected chi connectivity index (χ2v) is 8.51. The van der Waals surface area contributed by atoms with Crippen LogP contribution in [0, 0.1) is 0 Å². The molecule has 1 aromatic carbocycles. The van der Waals surface area contributed by atoms with E-state index in [1.807, 2.05) is 35.4 Å². The summed E-state index contributed by atoms with van der Waals surface area (Å²) in [5.74, 6) is -0.173. The average Bonchev–Trinajstić information content (AvgIpc) is 3.07. The maximum absolute atomic E-state index is 12.9. The van der Waals surface area contributed by atoms with Crippen molar-refractivity contribution in [2.75, 3.05) is 18.1 Å². The molecule has 0 saturated carbocycles. The first-order valence-electron chi connectivity index (χ1n) is 8.74. The number of thiazole rings is 1. The number of benzene rings is 1. The number of rotatable bonds is 6. The fourth-order valence-electron chi connectivity index (χ4n) is 2.97. The van der Waals surface area contributed by atoms with Gasteiger partial charge in [-0.1, -0.05) is 30.0 Å². The number of thioether (sulfide) groups is 1. The van der Waals surface area contributed by atoms with Crippen molar-refractivity contribution in [1.29, 1.82) is 0 Å². The van der Waals surface area contributed by atoms with E-state index >= 15 is 0 Å². The predicted octanol–water partition coefficient (Wildman–Crippen LogP) is 3.71. The number of esters is 1. The summed E-state index contributed by atoms with van der Waals surface area (Å²) in [6.45, 7) is 4.82. The maximum Gasteiger partial charge on any atom is 0.311 e. The predicted molar refractivity (Wildman–Crippen MR) is 105 cm³/mol. The van der Waals surface area contributed by atoms with E-state index in [0.717, 1.165) is 29.4 Å². The molecule has 138 valence electrons. The zero-order chi connectivity index (χ0) is 18.5. The second kappa shape index (κ2) is 8.68. The van der Waals surface area contributed by atoms with Gasteiger partial charge in [0, 0.05) is 17.6 Å². The lowest BCUT2D eigenvalue weighted by Crippen LogP contribution is -2.40. The summed E-state index contributed by atoms with van der Waals surface area (Å²) in [6.07, 6.45) is 2.18. The van der Waals surface area contributed by atoms with Gasteiger partial charge in [-0.3, -0.25) is 9.59 Å². The van der Waals surface area contributed by atoms with Crippen molar-refractivity contribution in [3.05, 3.63) is 40.9 Å². The van der Waals surface area contributed by atoms with E-state index in [1.54, 1.807) is 6.92 Å².